The summed E-state index contributed by atoms with van der Waals surface area (Å²) >= 11 is 0. The molecule has 0 aliphatic rings. The zero-order valence-corrected chi connectivity index (χ0v) is 9.48. The first-order chi connectivity index (χ1) is 8.10. The van der Waals surface area contributed by atoms with Gasteiger partial charge in [0.05, 0.1) is 19.3 Å². The molecule has 0 aromatic heterocycles. The van der Waals surface area contributed by atoms with Crippen molar-refractivity contribution in [3.05, 3.63) is 45.3 Å². The highest BCUT2D eigenvalue weighted by atomic mass is 16.3. The van der Waals surface area contributed by atoms with Gasteiger partial charge < -0.3 is 15.3 Å². The highest BCUT2D eigenvalue weighted by molar-refractivity contribution is 5.33. The van der Waals surface area contributed by atoms with E-state index >= 15 is 0 Å². The maximum atomic E-state index is 9.90. The van der Waals surface area contributed by atoms with E-state index in [0.29, 0.717) is 11.1 Å². The van der Waals surface area contributed by atoms with Crippen LogP contribution in [0.2, 0.25) is 0 Å². The van der Waals surface area contributed by atoms with Crippen molar-refractivity contribution in [1.82, 2.24) is 0 Å². The molecule has 6 nitrogen and oxygen atoms in total. The molecule has 1 rings (SSSR count). The highest BCUT2D eigenvalue weighted by Gasteiger charge is 2.19. The molecule has 0 fully saturated rings. The fraction of sp³-hybridized carbons (Fsp3) is 0.455. The first kappa shape index (κ1) is 13.5. The number of benzene rings is 1. The maximum Gasteiger partial charge on any atom is 0.105 e. The number of hydrogen-bond donors (Lipinski definition) is 3. The summed E-state index contributed by atoms with van der Waals surface area (Å²) in [7, 11) is 0. The Morgan fingerprint density at radius 1 is 1.41 bits per heavy atom. The van der Waals surface area contributed by atoms with E-state index in [9.17, 15) is 10.2 Å². The van der Waals surface area contributed by atoms with Crippen LogP contribution >= 0.6 is 0 Å². The smallest absolute Gasteiger partial charge is 0.105 e. The molecule has 6 heteroatoms. The summed E-state index contributed by atoms with van der Waals surface area (Å²) in [5.74, 6) is 0. The molecule has 0 saturated heterocycles. The van der Waals surface area contributed by atoms with Crippen molar-refractivity contribution in [3.8, 4) is 0 Å². The Labute approximate surface area is 98.8 Å². The minimum atomic E-state index is -1.15. The Morgan fingerprint density at radius 2 is 2.12 bits per heavy atom. The van der Waals surface area contributed by atoms with Gasteiger partial charge in [0.15, 0.2) is 0 Å². The van der Waals surface area contributed by atoms with Crippen LogP contribution in [0.1, 0.15) is 22.8 Å². The molecule has 0 heterocycles. The van der Waals surface area contributed by atoms with Gasteiger partial charge in [0.25, 0.3) is 0 Å². The van der Waals surface area contributed by atoms with Crippen LogP contribution in [0.4, 0.5) is 0 Å². The van der Waals surface area contributed by atoms with E-state index in [0.717, 1.165) is 5.56 Å². The number of aryl methyl sites for hydroxylation is 1. The van der Waals surface area contributed by atoms with Gasteiger partial charge in [-0.15, -0.1) is 0 Å². The van der Waals surface area contributed by atoms with Crippen LogP contribution in [0.5, 0.6) is 0 Å². The number of aliphatic hydroxyl groups is 3. The molecule has 2 unspecified atom stereocenters. The van der Waals surface area contributed by atoms with Crippen LogP contribution in [-0.2, 0) is 6.61 Å². The molecule has 0 aliphatic heterocycles. The van der Waals surface area contributed by atoms with E-state index in [-0.39, 0.29) is 13.2 Å². The van der Waals surface area contributed by atoms with Gasteiger partial charge in [-0.25, -0.2) is 0 Å². The summed E-state index contributed by atoms with van der Waals surface area (Å²) in [6.07, 6.45) is -2.29. The molecular weight excluding hydrogens is 222 g/mol. The van der Waals surface area contributed by atoms with Crippen molar-refractivity contribution in [2.24, 2.45) is 5.11 Å². The zero-order chi connectivity index (χ0) is 12.8. The summed E-state index contributed by atoms with van der Waals surface area (Å²) in [5.41, 5.74) is 10.1. The van der Waals surface area contributed by atoms with Crippen LogP contribution in [0.15, 0.2) is 23.3 Å². The average Bonchev–Trinajstić information content (AvgIpc) is 2.35. The number of azide groups is 1. The quantitative estimate of drug-likeness (QED) is 0.406. The predicted molar refractivity (Wildman–Crippen MR) is 62.1 cm³/mol. The molecule has 0 spiro atoms. The molecule has 3 N–H and O–H groups in total. The maximum absolute atomic E-state index is 9.90. The molecule has 17 heavy (non-hydrogen) atoms. The van der Waals surface area contributed by atoms with Crippen molar-refractivity contribution < 1.29 is 15.3 Å². The molecule has 92 valence electrons. The number of aliphatic hydroxyl groups excluding tert-OH is 3. The van der Waals surface area contributed by atoms with Crippen LogP contribution in [0, 0.1) is 6.92 Å². The SMILES string of the molecule is Cc1ccc(CO)cc1C(O)C(O)CN=[N+]=[N-]. The van der Waals surface area contributed by atoms with Gasteiger partial charge >= 0.3 is 0 Å². The largest absolute Gasteiger partial charge is 0.392 e. The fourth-order valence-corrected chi connectivity index (χ4v) is 1.53. The normalized spacial score (nSPS) is 13.9. The third-order valence-corrected chi connectivity index (χ3v) is 2.54. The summed E-state index contributed by atoms with van der Waals surface area (Å²) in [4.78, 5) is 2.52. The number of nitrogens with zero attached hydrogens (tertiary/aromatic N) is 3. The fourth-order valence-electron chi connectivity index (χ4n) is 1.53. The van der Waals surface area contributed by atoms with Crippen molar-refractivity contribution >= 4 is 0 Å². The van der Waals surface area contributed by atoms with Crippen molar-refractivity contribution in [1.29, 1.82) is 0 Å². The lowest BCUT2D eigenvalue weighted by atomic mass is 9.97. The molecule has 1 aromatic carbocycles. The van der Waals surface area contributed by atoms with Crippen molar-refractivity contribution in [2.75, 3.05) is 6.54 Å². The predicted octanol–water partition coefficient (Wildman–Crippen LogP) is 1.19. The monoisotopic (exact) mass is 237 g/mol. The summed E-state index contributed by atoms with van der Waals surface area (Å²) in [6, 6.07) is 5.12. The lowest BCUT2D eigenvalue weighted by Gasteiger charge is -2.19. The van der Waals surface area contributed by atoms with E-state index in [4.69, 9.17) is 10.6 Å². The van der Waals surface area contributed by atoms with Crippen molar-refractivity contribution in [2.45, 2.75) is 25.7 Å². The van der Waals surface area contributed by atoms with Gasteiger partial charge in [0, 0.05) is 4.91 Å². The van der Waals surface area contributed by atoms with E-state index in [1.54, 1.807) is 25.1 Å². The van der Waals surface area contributed by atoms with Gasteiger partial charge in [0.2, 0.25) is 0 Å². The Kier molecular flexibility index (Phi) is 4.93. The Hall–Kier alpha value is -1.59. The molecule has 0 radical (unpaired) electrons. The first-order valence-electron chi connectivity index (χ1n) is 5.17. The summed E-state index contributed by atoms with van der Waals surface area (Å²) in [5, 5.41) is 31.7. The van der Waals surface area contributed by atoms with Gasteiger partial charge in [-0.05, 0) is 29.1 Å². The Bertz CT molecular complexity index is 430. The second-order valence-electron chi connectivity index (χ2n) is 3.77. The molecule has 0 saturated carbocycles. The molecule has 1 aromatic rings. The third-order valence-electron chi connectivity index (χ3n) is 2.54. The molecule has 2 atom stereocenters. The second kappa shape index (κ2) is 6.22. The molecular formula is C11H15N3O3. The zero-order valence-electron chi connectivity index (χ0n) is 9.48. The van der Waals surface area contributed by atoms with Gasteiger partial charge in [-0.1, -0.05) is 23.3 Å². The molecule has 0 bridgehead atoms. The van der Waals surface area contributed by atoms with E-state index in [1.807, 2.05) is 0 Å². The lowest BCUT2D eigenvalue weighted by Crippen LogP contribution is -2.22. The van der Waals surface area contributed by atoms with Crippen LogP contribution < -0.4 is 0 Å². The average molecular weight is 237 g/mol. The molecule has 0 amide bonds. The van der Waals surface area contributed by atoms with Crippen LogP contribution in [0.3, 0.4) is 0 Å². The van der Waals surface area contributed by atoms with Gasteiger partial charge in [0.1, 0.15) is 6.10 Å². The van der Waals surface area contributed by atoms with Crippen LogP contribution in [0.25, 0.3) is 10.4 Å². The third kappa shape index (κ3) is 3.44. The Balaban J connectivity index is 2.93. The minimum Gasteiger partial charge on any atom is -0.392 e. The van der Waals surface area contributed by atoms with E-state index in [2.05, 4.69) is 10.0 Å². The lowest BCUT2D eigenvalue weighted by molar-refractivity contribution is 0.0239. The first-order valence-corrected chi connectivity index (χ1v) is 5.17. The van der Waals surface area contributed by atoms with Crippen molar-refractivity contribution in [3.63, 3.8) is 0 Å². The summed E-state index contributed by atoms with van der Waals surface area (Å²) in [6.45, 7) is 1.47. The molecule has 0 aliphatic carbocycles. The number of hydrogen-bond acceptors (Lipinski definition) is 4. The summed E-state index contributed by atoms with van der Waals surface area (Å²) < 4.78 is 0. The Morgan fingerprint density at radius 3 is 2.71 bits per heavy atom. The minimum absolute atomic E-state index is 0.132. The topological polar surface area (TPSA) is 109 Å². The number of rotatable bonds is 5. The van der Waals surface area contributed by atoms with Crippen LogP contribution in [-0.4, -0.2) is 28.0 Å². The second-order valence-corrected chi connectivity index (χ2v) is 3.77. The standard InChI is InChI=1S/C11H15N3O3/c1-7-2-3-8(6-15)4-9(7)11(17)10(16)5-13-14-12/h2-4,10-11,15-17H,5-6H2,1H3. The van der Waals surface area contributed by atoms with E-state index < -0.39 is 12.2 Å². The van der Waals surface area contributed by atoms with Gasteiger partial charge in [-0.2, -0.15) is 0 Å². The van der Waals surface area contributed by atoms with E-state index in [1.165, 1.54) is 0 Å². The highest BCUT2D eigenvalue weighted by Crippen LogP contribution is 2.22. The van der Waals surface area contributed by atoms with Gasteiger partial charge in [-0.3, -0.25) is 0 Å².